The zero-order valence-corrected chi connectivity index (χ0v) is 18.6. The molecule has 4 rings (SSSR count). The van der Waals surface area contributed by atoms with E-state index in [0.717, 1.165) is 20.9 Å². The number of fused-ring (bicyclic) bond motifs is 1. The third kappa shape index (κ3) is 3.66. The molecule has 4 aromatic rings. The van der Waals surface area contributed by atoms with E-state index in [2.05, 4.69) is 10.1 Å². The van der Waals surface area contributed by atoms with Crippen molar-refractivity contribution in [1.82, 2.24) is 23.9 Å². The largest absolute Gasteiger partial charge is 0.388 e. The van der Waals surface area contributed by atoms with Crippen LogP contribution in [0.25, 0.3) is 22.4 Å². The second kappa shape index (κ2) is 8.36. The van der Waals surface area contributed by atoms with E-state index in [9.17, 15) is 19.1 Å². The Morgan fingerprint density at radius 2 is 1.85 bits per heavy atom. The number of rotatable bonds is 5. The second-order valence-electron chi connectivity index (χ2n) is 8.07. The molecule has 3 aromatic heterocycles. The van der Waals surface area contributed by atoms with Gasteiger partial charge in [0.15, 0.2) is 17.5 Å². The molecule has 0 saturated heterocycles. The Morgan fingerprint density at radius 1 is 1.12 bits per heavy atom. The summed E-state index contributed by atoms with van der Waals surface area (Å²) in [6.07, 6.45) is 1.49. The van der Waals surface area contributed by atoms with Gasteiger partial charge in [0.05, 0.1) is 16.6 Å². The fourth-order valence-electron chi connectivity index (χ4n) is 3.82. The number of hydrogen-bond acceptors (Lipinski definition) is 5. The molecule has 1 N–H and O–H groups in total. The van der Waals surface area contributed by atoms with Crippen LogP contribution in [0.4, 0.5) is 8.78 Å². The Bertz CT molecular complexity index is 1500. The van der Waals surface area contributed by atoms with Gasteiger partial charge in [-0.3, -0.25) is 13.9 Å². The number of aliphatic hydroxyl groups is 1. The Balaban J connectivity index is 2.06. The van der Waals surface area contributed by atoms with Crippen molar-refractivity contribution < 1.29 is 13.9 Å². The minimum atomic E-state index is -0.941. The predicted octanol–water partition coefficient (Wildman–Crippen LogP) is 2.96. The summed E-state index contributed by atoms with van der Waals surface area (Å²) in [7, 11) is 0. The van der Waals surface area contributed by atoms with Crippen LogP contribution in [0.2, 0.25) is 0 Å². The lowest BCUT2D eigenvalue weighted by atomic mass is 10.0. The number of benzene rings is 1. The predicted molar refractivity (Wildman–Crippen MR) is 119 cm³/mol. The van der Waals surface area contributed by atoms with Gasteiger partial charge in [0.25, 0.3) is 5.56 Å². The molecular weight excluding hydrogens is 432 g/mol. The van der Waals surface area contributed by atoms with Crippen LogP contribution in [-0.2, 0) is 13.2 Å². The zero-order chi connectivity index (χ0) is 24.0. The molecule has 0 aliphatic rings. The van der Waals surface area contributed by atoms with Gasteiger partial charge < -0.3 is 5.11 Å². The molecule has 0 amide bonds. The molecule has 0 saturated carbocycles. The van der Waals surface area contributed by atoms with Crippen LogP contribution in [0.15, 0.2) is 40.1 Å². The minimum Gasteiger partial charge on any atom is -0.388 e. The third-order valence-corrected chi connectivity index (χ3v) is 5.53. The van der Waals surface area contributed by atoms with Crippen molar-refractivity contribution in [3.8, 4) is 11.5 Å². The van der Waals surface area contributed by atoms with Crippen LogP contribution in [0, 0.1) is 18.6 Å². The summed E-state index contributed by atoms with van der Waals surface area (Å²) in [5.74, 6) is -2.00. The van der Waals surface area contributed by atoms with Crippen LogP contribution in [0.1, 0.15) is 43.6 Å². The van der Waals surface area contributed by atoms with E-state index in [-0.39, 0.29) is 40.7 Å². The Labute approximate surface area is 187 Å². The number of aliphatic hydroxyl groups excluding tert-OH is 1. The van der Waals surface area contributed by atoms with E-state index in [1.54, 1.807) is 19.9 Å². The van der Waals surface area contributed by atoms with Crippen LogP contribution in [-0.4, -0.2) is 29.0 Å². The third-order valence-electron chi connectivity index (χ3n) is 5.53. The SMILES string of the molecule is CCn1c(CO)nn(-c2nc3c(C(C)C)cn(-c4cc(C)ccc4F)c(=O)c3cc2F)c1=O. The van der Waals surface area contributed by atoms with E-state index in [1.807, 2.05) is 13.8 Å². The molecule has 33 heavy (non-hydrogen) atoms. The van der Waals surface area contributed by atoms with Gasteiger partial charge in [-0.05, 0) is 49.1 Å². The fourth-order valence-corrected chi connectivity index (χ4v) is 3.82. The van der Waals surface area contributed by atoms with Crippen molar-refractivity contribution >= 4 is 10.9 Å². The number of nitrogens with zero attached hydrogens (tertiary/aromatic N) is 5. The summed E-state index contributed by atoms with van der Waals surface area (Å²) in [5.41, 5.74) is 0.276. The van der Waals surface area contributed by atoms with Crippen LogP contribution in [0.5, 0.6) is 0 Å². The van der Waals surface area contributed by atoms with Crippen molar-refractivity contribution in [2.75, 3.05) is 0 Å². The monoisotopic (exact) mass is 455 g/mol. The van der Waals surface area contributed by atoms with E-state index in [0.29, 0.717) is 5.56 Å². The Hall–Kier alpha value is -3.66. The first-order valence-corrected chi connectivity index (χ1v) is 10.5. The topological polar surface area (TPSA) is 94.9 Å². The first-order valence-electron chi connectivity index (χ1n) is 10.5. The van der Waals surface area contributed by atoms with E-state index in [1.165, 1.54) is 22.9 Å². The first kappa shape index (κ1) is 22.5. The van der Waals surface area contributed by atoms with Crippen molar-refractivity contribution in [3.05, 3.63) is 79.9 Å². The molecule has 0 aliphatic heterocycles. The Kier molecular flexibility index (Phi) is 5.71. The second-order valence-corrected chi connectivity index (χ2v) is 8.07. The summed E-state index contributed by atoms with van der Waals surface area (Å²) < 4.78 is 32.9. The number of aryl methyl sites for hydroxylation is 1. The molecule has 0 bridgehead atoms. The lowest BCUT2D eigenvalue weighted by molar-refractivity contribution is 0.264. The number of pyridine rings is 2. The smallest absolute Gasteiger partial charge is 0.352 e. The summed E-state index contributed by atoms with van der Waals surface area (Å²) >= 11 is 0. The van der Waals surface area contributed by atoms with Gasteiger partial charge in [0.2, 0.25) is 0 Å². The van der Waals surface area contributed by atoms with Gasteiger partial charge in [0, 0.05) is 12.7 Å². The van der Waals surface area contributed by atoms with E-state index < -0.39 is 29.5 Å². The standard InChI is InChI=1S/C23H23F2N5O3/c1-5-28-19(11-31)27-30(23(28)33)21-17(25)9-14-20(26-21)15(12(2)3)10-29(22(14)32)18-8-13(4)6-7-16(18)24/h6-10,12,31H,5,11H2,1-4H3. The highest BCUT2D eigenvalue weighted by molar-refractivity contribution is 5.82. The summed E-state index contributed by atoms with van der Waals surface area (Å²) in [4.78, 5) is 30.3. The van der Waals surface area contributed by atoms with Crippen molar-refractivity contribution in [3.63, 3.8) is 0 Å². The average Bonchev–Trinajstić information content (AvgIpc) is 3.10. The lowest BCUT2D eigenvalue weighted by Gasteiger charge is -2.16. The lowest BCUT2D eigenvalue weighted by Crippen LogP contribution is -2.26. The molecule has 0 spiro atoms. The average molecular weight is 455 g/mol. The first-order chi connectivity index (χ1) is 15.7. The zero-order valence-electron chi connectivity index (χ0n) is 18.6. The molecule has 1 aromatic carbocycles. The highest BCUT2D eigenvalue weighted by atomic mass is 19.1. The molecule has 0 atom stereocenters. The molecule has 0 unspecified atom stereocenters. The van der Waals surface area contributed by atoms with Crippen LogP contribution < -0.4 is 11.2 Å². The molecule has 3 heterocycles. The molecule has 172 valence electrons. The van der Waals surface area contributed by atoms with Gasteiger partial charge in [-0.15, -0.1) is 5.10 Å². The van der Waals surface area contributed by atoms with Gasteiger partial charge in [-0.25, -0.2) is 18.6 Å². The van der Waals surface area contributed by atoms with Crippen LogP contribution >= 0.6 is 0 Å². The normalized spacial score (nSPS) is 11.6. The summed E-state index contributed by atoms with van der Waals surface area (Å²) in [5, 5.41) is 13.4. The van der Waals surface area contributed by atoms with Crippen LogP contribution in [0.3, 0.4) is 0 Å². The number of hydrogen-bond donors (Lipinski definition) is 1. The molecule has 0 radical (unpaired) electrons. The maximum absolute atomic E-state index is 15.2. The quantitative estimate of drug-likeness (QED) is 0.499. The molecular formula is C23H23F2N5O3. The van der Waals surface area contributed by atoms with Crippen molar-refractivity contribution in [2.45, 2.75) is 46.8 Å². The highest BCUT2D eigenvalue weighted by Gasteiger charge is 2.22. The molecule has 10 heteroatoms. The van der Waals surface area contributed by atoms with E-state index >= 15 is 4.39 Å². The van der Waals surface area contributed by atoms with Gasteiger partial charge in [-0.1, -0.05) is 19.9 Å². The summed E-state index contributed by atoms with van der Waals surface area (Å²) in [6.45, 7) is 6.93. The van der Waals surface area contributed by atoms with Crippen molar-refractivity contribution in [1.29, 1.82) is 0 Å². The van der Waals surface area contributed by atoms with Crippen molar-refractivity contribution in [2.24, 2.45) is 0 Å². The van der Waals surface area contributed by atoms with Gasteiger partial charge in [0.1, 0.15) is 12.4 Å². The van der Waals surface area contributed by atoms with Gasteiger partial charge in [-0.2, -0.15) is 4.68 Å². The summed E-state index contributed by atoms with van der Waals surface area (Å²) in [6, 6.07) is 5.40. The molecule has 0 aliphatic carbocycles. The van der Waals surface area contributed by atoms with Gasteiger partial charge >= 0.3 is 5.69 Å². The fraction of sp³-hybridized carbons (Fsp3) is 0.304. The van der Waals surface area contributed by atoms with E-state index in [4.69, 9.17) is 0 Å². The number of aromatic nitrogens is 5. The molecule has 8 nitrogen and oxygen atoms in total. The highest BCUT2D eigenvalue weighted by Crippen LogP contribution is 2.26. The maximum atomic E-state index is 15.2. The maximum Gasteiger partial charge on any atom is 0.352 e. The number of halogens is 2. The Morgan fingerprint density at radius 3 is 2.45 bits per heavy atom. The molecule has 0 fully saturated rings. The minimum absolute atomic E-state index is 0.0475.